The fourth-order valence-electron chi connectivity index (χ4n) is 5.31. The highest BCUT2D eigenvalue weighted by Gasteiger charge is 2.43. The lowest BCUT2D eigenvalue weighted by atomic mass is 9.67. The van der Waals surface area contributed by atoms with Gasteiger partial charge in [-0.1, -0.05) is 0 Å². The highest BCUT2D eigenvalue weighted by molar-refractivity contribution is 5.98. The second kappa shape index (κ2) is 8.79. The zero-order valence-electron chi connectivity index (χ0n) is 20.0. The summed E-state index contributed by atoms with van der Waals surface area (Å²) in [5.41, 5.74) is 8.05. The molecule has 9 nitrogen and oxygen atoms in total. The van der Waals surface area contributed by atoms with Gasteiger partial charge in [0.2, 0.25) is 0 Å². The predicted molar refractivity (Wildman–Crippen MR) is 129 cm³/mol. The average molecular weight is 476 g/mol. The average Bonchev–Trinajstić information content (AvgIpc) is 3.27. The molecule has 0 atom stereocenters. The van der Waals surface area contributed by atoms with E-state index in [1.165, 1.54) is 0 Å². The molecule has 35 heavy (non-hydrogen) atoms. The summed E-state index contributed by atoms with van der Waals surface area (Å²) in [7, 11) is 0. The van der Waals surface area contributed by atoms with Gasteiger partial charge in [-0.15, -0.1) is 0 Å². The number of amides is 2. The molecule has 2 amide bonds. The monoisotopic (exact) mass is 475 g/mol. The number of ketones is 1. The molecule has 5 rings (SSSR count). The highest BCUT2D eigenvalue weighted by Crippen LogP contribution is 2.44. The summed E-state index contributed by atoms with van der Waals surface area (Å²) in [5, 5.41) is 5.20. The number of fused-ring (bicyclic) bond motifs is 2. The second-order valence-electron chi connectivity index (χ2n) is 9.96. The summed E-state index contributed by atoms with van der Waals surface area (Å²) in [5.74, 6) is 0.0166. The van der Waals surface area contributed by atoms with Crippen LogP contribution in [-0.4, -0.2) is 57.0 Å². The van der Waals surface area contributed by atoms with Gasteiger partial charge in [-0.3, -0.25) is 24.0 Å². The van der Waals surface area contributed by atoms with Crippen LogP contribution in [0, 0.1) is 5.41 Å². The number of pyridine rings is 1. The van der Waals surface area contributed by atoms with Crippen LogP contribution in [0.25, 0.3) is 10.9 Å². The lowest BCUT2D eigenvalue weighted by molar-refractivity contribution is -0.119. The first-order valence-electron chi connectivity index (χ1n) is 11.9. The number of piperidine rings is 1. The number of carbonyl (C=O) groups is 3. The molecule has 0 radical (unpaired) electrons. The van der Waals surface area contributed by atoms with Gasteiger partial charge in [0, 0.05) is 42.7 Å². The van der Waals surface area contributed by atoms with Crippen molar-refractivity contribution in [2.24, 2.45) is 11.1 Å². The van der Waals surface area contributed by atoms with Gasteiger partial charge in [0.25, 0.3) is 11.8 Å². The smallest absolute Gasteiger partial charge is 0.255 e. The van der Waals surface area contributed by atoms with Crippen molar-refractivity contribution in [1.82, 2.24) is 19.7 Å². The van der Waals surface area contributed by atoms with Crippen LogP contribution in [0.2, 0.25) is 0 Å². The van der Waals surface area contributed by atoms with Gasteiger partial charge in [-0.05, 0) is 62.8 Å². The van der Waals surface area contributed by atoms with E-state index in [1.54, 1.807) is 30.5 Å². The molecule has 2 N–H and O–H groups in total. The maximum atomic E-state index is 13.3. The Hall–Kier alpha value is -3.75. The number of carbonyl (C=O) groups excluding carboxylic acids is 3. The van der Waals surface area contributed by atoms with E-state index in [-0.39, 0.29) is 29.8 Å². The second-order valence-corrected chi connectivity index (χ2v) is 9.96. The maximum absolute atomic E-state index is 13.3. The van der Waals surface area contributed by atoms with Crippen LogP contribution in [0.15, 0.2) is 36.7 Å². The Balaban J connectivity index is 1.29. The topological polar surface area (TPSA) is 120 Å². The molecule has 0 saturated carbocycles. The van der Waals surface area contributed by atoms with Gasteiger partial charge in [0.1, 0.15) is 11.4 Å². The van der Waals surface area contributed by atoms with Gasteiger partial charge < -0.3 is 15.4 Å². The molecule has 2 aliphatic rings. The fraction of sp³-hybridized carbons (Fsp3) is 0.423. The van der Waals surface area contributed by atoms with Gasteiger partial charge in [-0.25, -0.2) is 0 Å². The van der Waals surface area contributed by atoms with Crippen LogP contribution < -0.4 is 10.5 Å². The van der Waals surface area contributed by atoms with Gasteiger partial charge >= 0.3 is 0 Å². The van der Waals surface area contributed by atoms with E-state index in [0.717, 1.165) is 41.4 Å². The van der Waals surface area contributed by atoms with Crippen molar-refractivity contribution in [2.45, 2.75) is 45.6 Å². The minimum atomic E-state index is -0.556. The van der Waals surface area contributed by atoms with E-state index in [9.17, 15) is 14.4 Å². The number of Topliss-reactive ketones (excluding diaryl/α,β-unsaturated/α-hetero) is 1. The maximum Gasteiger partial charge on any atom is 0.255 e. The van der Waals surface area contributed by atoms with Crippen molar-refractivity contribution < 1.29 is 19.1 Å². The Morgan fingerprint density at radius 1 is 1.14 bits per heavy atom. The first kappa shape index (κ1) is 23.0. The van der Waals surface area contributed by atoms with E-state index in [4.69, 9.17) is 10.5 Å². The summed E-state index contributed by atoms with van der Waals surface area (Å²) in [4.78, 5) is 43.6. The first-order valence-corrected chi connectivity index (χ1v) is 11.9. The zero-order valence-corrected chi connectivity index (χ0v) is 20.0. The van der Waals surface area contributed by atoms with Crippen molar-refractivity contribution in [3.8, 4) is 5.75 Å². The van der Waals surface area contributed by atoms with E-state index in [1.807, 2.05) is 29.6 Å². The molecule has 2 aromatic heterocycles. The number of aromatic nitrogens is 3. The molecule has 1 spiro atoms. The normalized spacial score (nSPS) is 17.1. The fourth-order valence-corrected chi connectivity index (χ4v) is 5.31. The van der Waals surface area contributed by atoms with E-state index in [0.29, 0.717) is 30.8 Å². The molecule has 3 heterocycles. The van der Waals surface area contributed by atoms with E-state index >= 15 is 0 Å². The third kappa shape index (κ3) is 4.38. The summed E-state index contributed by atoms with van der Waals surface area (Å²) < 4.78 is 7.21. The lowest BCUT2D eigenvalue weighted by Gasteiger charge is -2.43. The van der Waals surface area contributed by atoms with Crippen molar-refractivity contribution in [1.29, 1.82) is 0 Å². The van der Waals surface area contributed by atoms with Gasteiger partial charge in [0.15, 0.2) is 12.4 Å². The van der Waals surface area contributed by atoms with Crippen LogP contribution in [0.5, 0.6) is 5.75 Å². The molecular weight excluding hydrogens is 446 g/mol. The molecule has 1 aliphatic heterocycles. The largest absolute Gasteiger partial charge is 0.484 e. The first-order chi connectivity index (χ1) is 16.7. The van der Waals surface area contributed by atoms with Crippen LogP contribution in [0.4, 0.5) is 0 Å². The molecule has 1 aliphatic carbocycles. The van der Waals surface area contributed by atoms with Crippen molar-refractivity contribution in [3.05, 3.63) is 53.5 Å². The molecule has 9 heteroatoms. The molecule has 1 fully saturated rings. The number of ether oxygens (including phenoxy) is 1. The molecular formula is C26H29N5O4. The van der Waals surface area contributed by atoms with Crippen molar-refractivity contribution >= 4 is 28.5 Å². The Morgan fingerprint density at radius 3 is 2.63 bits per heavy atom. The van der Waals surface area contributed by atoms with Crippen LogP contribution in [-0.2, 0) is 11.2 Å². The van der Waals surface area contributed by atoms with Crippen LogP contribution in [0.3, 0.4) is 0 Å². The molecule has 1 saturated heterocycles. The number of hydrogen-bond acceptors (Lipinski definition) is 6. The number of nitrogens with zero attached hydrogens (tertiary/aromatic N) is 4. The van der Waals surface area contributed by atoms with Crippen LogP contribution >= 0.6 is 0 Å². The SMILES string of the molecule is CC(C)n1ncc2c1C(=O)CC1(CCN(C(=O)c3cnc4ccc(OCC(N)=O)cc4c3)CC1)C2. The number of primary amides is 1. The van der Waals surface area contributed by atoms with Crippen molar-refractivity contribution in [2.75, 3.05) is 19.7 Å². The number of rotatable bonds is 5. The molecule has 0 bridgehead atoms. The Kier molecular flexibility index (Phi) is 5.78. The molecule has 3 aromatic rings. The Bertz CT molecular complexity index is 1320. The third-order valence-electron chi connectivity index (χ3n) is 7.12. The number of hydrogen-bond donors (Lipinski definition) is 1. The quantitative estimate of drug-likeness (QED) is 0.606. The van der Waals surface area contributed by atoms with E-state index < -0.39 is 5.91 Å². The third-order valence-corrected chi connectivity index (χ3v) is 7.12. The number of benzene rings is 1. The summed E-state index contributed by atoms with van der Waals surface area (Å²) >= 11 is 0. The Labute approximate surface area is 203 Å². The lowest BCUT2D eigenvalue weighted by Crippen LogP contribution is -2.46. The van der Waals surface area contributed by atoms with E-state index in [2.05, 4.69) is 10.1 Å². The van der Waals surface area contributed by atoms with Crippen molar-refractivity contribution in [3.63, 3.8) is 0 Å². The zero-order chi connectivity index (χ0) is 24.7. The predicted octanol–water partition coefficient (Wildman–Crippen LogP) is 2.93. The Morgan fingerprint density at radius 2 is 1.91 bits per heavy atom. The minimum absolute atomic E-state index is 0.0758. The molecule has 0 unspecified atom stereocenters. The summed E-state index contributed by atoms with van der Waals surface area (Å²) in [6.07, 6.45) is 6.33. The van der Waals surface area contributed by atoms with Crippen LogP contribution in [0.1, 0.15) is 65.6 Å². The standard InChI is InChI=1S/C26H29N5O4/c1-16(2)31-24-19(14-29-31)11-26(12-22(24)32)5-7-30(8-6-26)25(34)18-9-17-10-20(35-15-23(27)33)3-4-21(17)28-13-18/h3-4,9-10,13-14,16H,5-8,11-12,15H2,1-2H3,(H2,27,33). The number of likely N-dealkylation sites (tertiary alicyclic amines) is 1. The number of nitrogens with two attached hydrogens (primary N) is 1. The van der Waals surface area contributed by atoms with Gasteiger partial charge in [0.05, 0.1) is 17.3 Å². The molecule has 1 aromatic carbocycles. The summed E-state index contributed by atoms with van der Waals surface area (Å²) in [6, 6.07) is 7.18. The van der Waals surface area contributed by atoms with Gasteiger partial charge in [-0.2, -0.15) is 5.10 Å². The summed E-state index contributed by atoms with van der Waals surface area (Å²) in [6.45, 7) is 5.05. The minimum Gasteiger partial charge on any atom is -0.484 e. The molecule has 182 valence electrons. The highest BCUT2D eigenvalue weighted by atomic mass is 16.5.